The number of halogens is 1. The second-order valence-electron chi connectivity index (χ2n) is 4.59. The fourth-order valence-corrected chi connectivity index (χ4v) is 2.15. The summed E-state index contributed by atoms with van der Waals surface area (Å²) in [5.41, 5.74) is 1.36. The van der Waals surface area contributed by atoms with Crippen LogP contribution >= 0.6 is 11.6 Å². The summed E-state index contributed by atoms with van der Waals surface area (Å²) in [5, 5.41) is 11.4. The molecule has 6 nitrogen and oxygen atoms in total. The Kier molecular flexibility index (Phi) is 4.37. The van der Waals surface area contributed by atoms with E-state index in [0.717, 1.165) is 5.56 Å². The first kappa shape index (κ1) is 15.2. The third-order valence-corrected chi connectivity index (χ3v) is 3.03. The predicted octanol–water partition coefficient (Wildman–Crippen LogP) is 4.01. The molecule has 0 N–H and O–H groups in total. The molecule has 0 fully saturated rings. The number of nitro groups is 1. The number of aromatic nitrogens is 2. The molecule has 0 radical (unpaired) electrons. The van der Waals surface area contributed by atoms with Crippen molar-refractivity contribution in [2.75, 3.05) is 0 Å². The minimum absolute atomic E-state index is 0.0970. The summed E-state index contributed by atoms with van der Waals surface area (Å²) < 4.78 is 5.60. The molecule has 0 bridgehead atoms. The third-order valence-electron chi connectivity index (χ3n) is 2.84. The SMILES string of the molecule is CCc1nc(Cl)cc(Oc2c(C)cc(C)cc2[N+](=O)[O-])n1. The second-order valence-corrected chi connectivity index (χ2v) is 4.98. The number of nitrogens with zero attached hydrogens (tertiary/aromatic N) is 3. The molecule has 2 rings (SSSR count). The maximum Gasteiger partial charge on any atom is 0.312 e. The molecule has 21 heavy (non-hydrogen) atoms. The highest BCUT2D eigenvalue weighted by atomic mass is 35.5. The smallest absolute Gasteiger partial charge is 0.312 e. The fourth-order valence-electron chi connectivity index (χ4n) is 1.96. The molecule has 0 unspecified atom stereocenters. The lowest BCUT2D eigenvalue weighted by molar-refractivity contribution is -0.385. The Hall–Kier alpha value is -2.21. The Bertz CT molecular complexity index is 704. The second kappa shape index (κ2) is 6.05. The number of hydrogen-bond acceptors (Lipinski definition) is 5. The first-order valence-electron chi connectivity index (χ1n) is 6.37. The van der Waals surface area contributed by atoms with E-state index in [1.54, 1.807) is 13.8 Å². The Balaban J connectivity index is 2.48. The number of nitro benzene ring substituents is 1. The maximum absolute atomic E-state index is 11.2. The Labute approximate surface area is 126 Å². The fraction of sp³-hybridized carbons (Fsp3) is 0.286. The zero-order chi connectivity index (χ0) is 15.6. The standard InChI is InChI=1S/C14H14ClN3O3/c1-4-12-16-11(15)7-13(17-12)21-14-9(3)5-8(2)6-10(14)18(19)20/h5-7H,4H2,1-3H3. The van der Waals surface area contributed by atoms with Crippen molar-refractivity contribution in [3.05, 3.63) is 50.4 Å². The van der Waals surface area contributed by atoms with Gasteiger partial charge >= 0.3 is 5.69 Å². The summed E-state index contributed by atoms with van der Waals surface area (Å²) in [5.74, 6) is 0.884. The first-order valence-corrected chi connectivity index (χ1v) is 6.75. The summed E-state index contributed by atoms with van der Waals surface area (Å²) in [6.45, 7) is 5.43. The van der Waals surface area contributed by atoms with Crippen LogP contribution in [0.1, 0.15) is 23.9 Å². The van der Waals surface area contributed by atoms with Crippen molar-refractivity contribution in [2.45, 2.75) is 27.2 Å². The lowest BCUT2D eigenvalue weighted by Crippen LogP contribution is -2.00. The van der Waals surface area contributed by atoms with Gasteiger partial charge in [-0.3, -0.25) is 10.1 Å². The van der Waals surface area contributed by atoms with E-state index < -0.39 is 4.92 Å². The third kappa shape index (κ3) is 3.46. The average Bonchev–Trinajstić information content (AvgIpc) is 2.40. The van der Waals surface area contributed by atoms with Crippen LogP contribution in [0.25, 0.3) is 0 Å². The Morgan fingerprint density at radius 3 is 2.62 bits per heavy atom. The summed E-state index contributed by atoms with van der Waals surface area (Å²) in [7, 11) is 0. The quantitative estimate of drug-likeness (QED) is 0.484. The van der Waals surface area contributed by atoms with E-state index in [0.29, 0.717) is 17.8 Å². The van der Waals surface area contributed by atoms with Gasteiger partial charge in [0.1, 0.15) is 11.0 Å². The van der Waals surface area contributed by atoms with E-state index in [2.05, 4.69) is 9.97 Å². The first-order chi connectivity index (χ1) is 9.90. The van der Waals surface area contributed by atoms with Gasteiger partial charge in [0.05, 0.1) is 4.92 Å². The minimum Gasteiger partial charge on any atom is -0.431 e. The summed E-state index contributed by atoms with van der Waals surface area (Å²) in [6.07, 6.45) is 0.589. The molecule has 1 aromatic carbocycles. The van der Waals surface area contributed by atoms with Gasteiger partial charge in [-0.2, -0.15) is 4.98 Å². The monoisotopic (exact) mass is 307 g/mol. The van der Waals surface area contributed by atoms with Crippen LogP contribution in [0.3, 0.4) is 0 Å². The molecule has 1 heterocycles. The molecular formula is C14H14ClN3O3. The van der Waals surface area contributed by atoms with Crippen LogP contribution in [0.15, 0.2) is 18.2 Å². The van der Waals surface area contributed by atoms with Crippen molar-refractivity contribution in [1.29, 1.82) is 0 Å². The maximum atomic E-state index is 11.2. The van der Waals surface area contributed by atoms with Crippen LogP contribution in [0.2, 0.25) is 5.15 Å². The zero-order valence-corrected chi connectivity index (χ0v) is 12.6. The highest BCUT2D eigenvalue weighted by molar-refractivity contribution is 6.29. The molecule has 7 heteroatoms. The van der Waals surface area contributed by atoms with Crippen molar-refractivity contribution in [3.63, 3.8) is 0 Å². The Morgan fingerprint density at radius 2 is 2.00 bits per heavy atom. The van der Waals surface area contributed by atoms with Gasteiger partial charge in [-0.15, -0.1) is 0 Å². The van der Waals surface area contributed by atoms with E-state index in [1.807, 2.05) is 13.0 Å². The topological polar surface area (TPSA) is 78.2 Å². The van der Waals surface area contributed by atoms with E-state index in [-0.39, 0.29) is 22.5 Å². The Morgan fingerprint density at radius 1 is 1.29 bits per heavy atom. The van der Waals surface area contributed by atoms with Gasteiger partial charge in [0.2, 0.25) is 11.6 Å². The van der Waals surface area contributed by atoms with Gasteiger partial charge in [0.25, 0.3) is 0 Å². The van der Waals surface area contributed by atoms with E-state index in [1.165, 1.54) is 12.1 Å². The molecule has 110 valence electrons. The molecule has 0 aliphatic heterocycles. The molecule has 1 aromatic heterocycles. The van der Waals surface area contributed by atoms with Crippen molar-refractivity contribution in [3.8, 4) is 11.6 Å². The van der Waals surface area contributed by atoms with E-state index >= 15 is 0 Å². The lowest BCUT2D eigenvalue weighted by atomic mass is 10.1. The zero-order valence-electron chi connectivity index (χ0n) is 11.9. The van der Waals surface area contributed by atoms with Gasteiger partial charge in [0, 0.05) is 18.6 Å². The van der Waals surface area contributed by atoms with Gasteiger partial charge in [-0.1, -0.05) is 24.6 Å². The number of ether oxygens (including phenoxy) is 1. The molecule has 2 aromatic rings. The highest BCUT2D eigenvalue weighted by Crippen LogP contribution is 2.35. The van der Waals surface area contributed by atoms with Crippen LogP contribution in [-0.4, -0.2) is 14.9 Å². The van der Waals surface area contributed by atoms with Gasteiger partial charge in [-0.25, -0.2) is 4.98 Å². The van der Waals surface area contributed by atoms with Crippen LogP contribution in [0, 0.1) is 24.0 Å². The van der Waals surface area contributed by atoms with E-state index in [9.17, 15) is 10.1 Å². The van der Waals surface area contributed by atoms with Crippen molar-refractivity contribution < 1.29 is 9.66 Å². The molecule has 0 spiro atoms. The predicted molar refractivity (Wildman–Crippen MR) is 79.1 cm³/mol. The van der Waals surface area contributed by atoms with E-state index in [4.69, 9.17) is 16.3 Å². The molecule has 0 saturated carbocycles. The van der Waals surface area contributed by atoms with Crippen LogP contribution in [0.4, 0.5) is 5.69 Å². The normalized spacial score (nSPS) is 10.5. The molecule has 0 aliphatic rings. The average molecular weight is 308 g/mol. The highest BCUT2D eigenvalue weighted by Gasteiger charge is 2.20. The molecule has 0 aliphatic carbocycles. The van der Waals surface area contributed by atoms with Crippen molar-refractivity contribution in [2.24, 2.45) is 0 Å². The summed E-state index contributed by atoms with van der Waals surface area (Å²) >= 11 is 5.90. The number of rotatable bonds is 4. The minimum atomic E-state index is -0.473. The van der Waals surface area contributed by atoms with Gasteiger partial charge in [0.15, 0.2) is 0 Å². The molecule has 0 amide bonds. The van der Waals surface area contributed by atoms with Crippen molar-refractivity contribution >= 4 is 17.3 Å². The van der Waals surface area contributed by atoms with Crippen LogP contribution in [-0.2, 0) is 6.42 Å². The van der Waals surface area contributed by atoms with Crippen molar-refractivity contribution in [1.82, 2.24) is 9.97 Å². The lowest BCUT2D eigenvalue weighted by Gasteiger charge is -2.10. The number of hydrogen-bond donors (Lipinski definition) is 0. The van der Waals surface area contributed by atoms with Crippen LogP contribution < -0.4 is 4.74 Å². The summed E-state index contributed by atoms with van der Waals surface area (Å²) in [6, 6.07) is 4.71. The summed E-state index contributed by atoms with van der Waals surface area (Å²) in [4.78, 5) is 18.9. The van der Waals surface area contributed by atoms with Crippen LogP contribution in [0.5, 0.6) is 11.6 Å². The molecule has 0 atom stereocenters. The number of benzene rings is 1. The largest absolute Gasteiger partial charge is 0.431 e. The van der Waals surface area contributed by atoms with Gasteiger partial charge in [-0.05, 0) is 25.0 Å². The van der Waals surface area contributed by atoms with Gasteiger partial charge < -0.3 is 4.74 Å². The molecular weight excluding hydrogens is 294 g/mol. The molecule has 0 saturated heterocycles. The number of aryl methyl sites for hydroxylation is 3.